The van der Waals surface area contributed by atoms with Crippen LogP contribution in [0.15, 0.2) is 36.4 Å². The number of rotatable bonds is 2. The van der Waals surface area contributed by atoms with Crippen LogP contribution in [0.4, 0.5) is 0 Å². The molecule has 120 valence electrons. The minimum absolute atomic E-state index is 0.545. The molecule has 0 spiro atoms. The average Bonchev–Trinajstić information content (AvgIpc) is 2.65. The second-order valence-electron chi connectivity index (χ2n) is 6.30. The fourth-order valence-corrected chi connectivity index (χ4v) is 3.01. The number of benzene rings is 2. The molecule has 0 amide bonds. The maximum absolute atomic E-state index is 6.10. The summed E-state index contributed by atoms with van der Waals surface area (Å²) in [5, 5.41) is 0. The van der Waals surface area contributed by atoms with Crippen LogP contribution >= 0.6 is 0 Å². The number of fused-ring (bicyclic) bond motifs is 2. The third-order valence-electron chi connectivity index (χ3n) is 4.56. The molecule has 0 saturated carbocycles. The molecule has 2 aliphatic rings. The van der Waals surface area contributed by atoms with Gasteiger partial charge in [-0.1, -0.05) is 0 Å². The Morgan fingerprint density at radius 2 is 1.11 bits per heavy atom. The zero-order valence-electron chi connectivity index (χ0n) is 14.4. The second-order valence-corrected chi connectivity index (χ2v) is 6.30. The van der Waals surface area contributed by atoms with Gasteiger partial charge in [-0.25, -0.2) is 0 Å². The van der Waals surface area contributed by atoms with Crippen molar-refractivity contribution in [2.75, 3.05) is 0 Å². The maximum Gasteiger partial charge on any atom is 0.185 e. The topological polar surface area (TPSA) is 34.2 Å². The first-order valence-electron chi connectivity index (χ1n) is 8.22. The summed E-state index contributed by atoms with van der Waals surface area (Å²) < 4.78 is 16.9. The van der Waals surface area contributed by atoms with Gasteiger partial charge in [-0.3, -0.25) is 0 Å². The lowest BCUT2D eigenvalue weighted by molar-refractivity contribution is 0.127. The van der Waals surface area contributed by atoms with E-state index < -0.39 is 24.1 Å². The molecule has 27 heavy (non-hydrogen) atoms. The van der Waals surface area contributed by atoms with Crippen molar-refractivity contribution in [2.45, 2.75) is 24.1 Å². The fourth-order valence-electron chi connectivity index (χ4n) is 3.01. The quantitative estimate of drug-likeness (QED) is 0.732. The lowest BCUT2D eigenvalue weighted by Gasteiger charge is -2.39. The maximum atomic E-state index is 6.10. The summed E-state index contributed by atoms with van der Waals surface area (Å²) in [4.78, 5) is 2.45. The minimum atomic E-state index is -0.813. The molecule has 0 aromatic heterocycles. The third-order valence-corrected chi connectivity index (χ3v) is 4.56. The molecule has 2 heterocycles. The van der Waals surface area contributed by atoms with Crippen LogP contribution in [0.1, 0.15) is 23.0 Å². The van der Waals surface area contributed by atoms with Crippen LogP contribution in [0.2, 0.25) is 0 Å². The highest BCUT2D eigenvalue weighted by molar-refractivity contribution is 6.22. The normalized spacial score (nSPS) is 27.7. The summed E-state index contributed by atoms with van der Waals surface area (Å²) in [6.45, 7) is 0. The molecule has 0 saturated heterocycles. The summed E-state index contributed by atoms with van der Waals surface area (Å²) in [6, 6.07) is 10.4. The first kappa shape index (κ1) is 18.5. The molecular weight excluding hydrogens is 333 g/mol. The summed E-state index contributed by atoms with van der Waals surface area (Å²) in [5.74, 6) is 0.955. The van der Waals surface area contributed by atoms with Crippen LogP contribution in [0, 0.1) is 0 Å². The van der Waals surface area contributed by atoms with Crippen LogP contribution < -0.4 is 14.2 Å². The molecule has 5 nitrogen and oxygen atoms in total. The van der Waals surface area contributed by atoms with E-state index in [4.69, 9.17) is 61.6 Å². The van der Waals surface area contributed by atoms with Crippen LogP contribution in [0.5, 0.6) is 23.0 Å². The van der Waals surface area contributed by atoms with Gasteiger partial charge in [0.05, 0.1) is 27.9 Å². The molecule has 2 aromatic carbocycles. The minimum Gasteiger partial charge on any atom is -0.486 e. The SMILES string of the molecule is [B]C1Oc2ccc(Oc3ccc4c(c3)C([B])N([B])C([B])O4)cc2C([B])N1[B]. The zero-order valence-corrected chi connectivity index (χ0v) is 14.4. The fraction of sp³-hybridized carbons (Fsp3) is 0.250. The van der Waals surface area contributed by atoms with Crippen LogP contribution in [-0.2, 0) is 0 Å². The van der Waals surface area contributed by atoms with E-state index >= 15 is 0 Å². The number of ether oxygens (including phenoxy) is 3. The van der Waals surface area contributed by atoms with Crippen molar-refractivity contribution in [1.82, 2.24) is 9.62 Å². The van der Waals surface area contributed by atoms with Gasteiger partial charge in [0, 0.05) is 11.1 Å². The molecule has 2 aliphatic heterocycles. The largest absolute Gasteiger partial charge is 0.486 e. The summed E-state index contributed by atoms with van der Waals surface area (Å²) in [5.41, 5.74) is 1.32. The highest BCUT2D eigenvalue weighted by Crippen LogP contribution is 2.39. The summed E-state index contributed by atoms with van der Waals surface area (Å²) in [7, 11) is 35.4. The predicted molar refractivity (Wildman–Crippen MR) is 105 cm³/mol. The first-order valence-corrected chi connectivity index (χ1v) is 8.22. The van der Waals surface area contributed by atoms with Gasteiger partial charge in [-0.15, -0.1) is 0 Å². The Morgan fingerprint density at radius 3 is 1.52 bits per heavy atom. The Kier molecular flexibility index (Phi) is 4.77. The van der Waals surface area contributed by atoms with E-state index in [1.807, 2.05) is 0 Å². The highest BCUT2D eigenvalue weighted by atomic mass is 16.5. The van der Waals surface area contributed by atoms with E-state index in [0.717, 1.165) is 0 Å². The van der Waals surface area contributed by atoms with Crippen molar-refractivity contribution in [3.05, 3.63) is 47.5 Å². The Labute approximate surface area is 166 Å². The molecule has 12 radical (unpaired) electrons. The molecule has 0 bridgehead atoms. The third kappa shape index (κ3) is 3.27. The molecule has 4 atom stereocenters. The molecule has 4 unspecified atom stereocenters. The second kappa shape index (κ2) is 6.95. The van der Waals surface area contributed by atoms with Crippen LogP contribution in [0.3, 0.4) is 0 Å². The van der Waals surface area contributed by atoms with Gasteiger partial charge in [0.25, 0.3) is 0 Å². The first-order chi connectivity index (χ1) is 12.8. The predicted octanol–water partition coefficient (Wildman–Crippen LogP) is 0.273. The van der Waals surface area contributed by atoms with Crippen molar-refractivity contribution < 1.29 is 14.2 Å². The molecule has 4 rings (SSSR count). The lowest BCUT2D eigenvalue weighted by Crippen LogP contribution is -2.44. The monoisotopic (exact) mass is 344 g/mol. The lowest BCUT2D eigenvalue weighted by atomic mass is 9.81. The molecule has 0 N–H and O–H groups in total. The molecule has 0 fully saturated rings. The van der Waals surface area contributed by atoms with E-state index in [0.29, 0.717) is 34.1 Å². The molecule has 2 aromatic rings. The average molecular weight is 343 g/mol. The van der Waals surface area contributed by atoms with Gasteiger partial charge in [0.1, 0.15) is 38.7 Å². The number of hydrogen-bond acceptors (Lipinski definition) is 5. The molecular formula is C16H10B6N2O3. The van der Waals surface area contributed by atoms with Gasteiger partial charge in [-0.2, -0.15) is 0 Å². The summed E-state index contributed by atoms with van der Waals surface area (Å²) >= 11 is 0. The van der Waals surface area contributed by atoms with E-state index in [2.05, 4.69) is 0 Å². The van der Waals surface area contributed by atoms with Crippen molar-refractivity contribution in [3.8, 4) is 23.0 Å². The summed E-state index contributed by atoms with van der Waals surface area (Å²) in [6.07, 6.45) is -1.63. The number of hydrogen-bond donors (Lipinski definition) is 0. The Hall–Kier alpha value is -1.85. The number of nitrogens with zero attached hydrogens (tertiary/aromatic N) is 2. The zero-order chi connectivity index (χ0) is 19.3. The van der Waals surface area contributed by atoms with Gasteiger partial charge in [-0.05, 0) is 48.3 Å². The van der Waals surface area contributed by atoms with E-state index in [9.17, 15) is 0 Å². The van der Waals surface area contributed by atoms with Crippen LogP contribution in [-0.4, -0.2) is 69.2 Å². The van der Waals surface area contributed by atoms with Gasteiger partial charge in [0.2, 0.25) is 0 Å². The standard InChI is InChI=1S/C16H10B6N2O3/c17-13-9-5-7(1-3-11(9)26-15(19)23(13)21)25-8-2-4-12-10(6-8)14(18)24(22)16(20)27-12/h1-6,13-16H. The Balaban J connectivity index is 1.61. The van der Waals surface area contributed by atoms with E-state index in [1.165, 1.54) is 9.62 Å². The van der Waals surface area contributed by atoms with Crippen molar-refractivity contribution in [3.63, 3.8) is 0 Å². The van der Waals surface area contributed by atoms with E-state index in [-0.39, 0.29) is 0 Å². The molecule has 11 heteroatoms. The smallest absolute Gasteiger partial charge is 0.185 e. The van der Waals surface area contributed by atoms with Gasteiger partial charge < -0.3 is 23.8 Å². The van der Waals surface area contributed by atoms with Crippen molar-refractivity contribution in [1.29, 1.82) is 0 Å². The highest BCUT2D eigenvalue weighted by Gasteiger charge is 2.28. The molecule has 0 aliphatic carbocycles. The Morgan fingerprint density at radius 1 is 0.704 bits per heavy atom. The van der Waals surface area contributed by atoms with Crippen LogP contribution in [0.25, 0.3) is 0 Å². The van der Waals surface area contributed by atoms with Gasteiger partial charge in [0.15, 0.2) is 16.0 Å². The Bertz CT molecular complexity index is 803. The van der Waals surface area contributed by atoms with Crippen molar-refractivity contribution >= 4 is 47.3 Å². The van der Waals surface area contributed by atoms with E-state index in [1.54, 1.807) is 36.4 Å². The van der Waals surface area contributed by atoms with Gasteiger partial charge >= 0.3 is 0 Å². The van der Waals surface area contributed by atoms with Crippen molar-refractivity contribution in [2.24, 2.45) is 0 Å².